The Kier molecular flexibility index (Phi) is 13.2. The van der Waals surface area contributed by atoms with Gasteiger partial charge in [-0.15, -0.1) is 0 Å². The van der Waals surface area contributed by atoms with E-state index in [1.54, 1.807) is 0 Å². The van der Waals surface area contributed by atoms with Gasteiger partial charge in [0.2, 0.25) is 5.91 Å². The molecule has 0 aliphatic carbocycles. The van der Waals surface area contributed by atoms with Crippen LogP contribution in [0.2, 0.25) is 0 Å². The van der Waals surface area contributed by atoms with Crippen molar-refractivity contribution in [1.82, 2.24) is 16.0 Å². The second kappa shape index (κ2) is 13.6. The van der Waals surface area contributed by atoms with Gasteiger partial charge >= 0.3 is 24.0 Å². The van der Waals surface area contributed by atoms with Crippen molar-refractivity contribution in [2.24, 2.45) is 11.5 Å². The highest BCUT2D eigenvalue weighted by Crippen LogP contribution is 1.96. The zero-order valence-electron chi connectivity index (χ0n) is 13.2. The molecule has 0 radical (unpaired) electrons. The van der Waals surface area contributed by atoms with Crippen LogP contribution in [0.25, 0.3) is 0 Å². The number of carboxylic acids is 2. The fourth-order valence-electron chi connectivity index (χ4n) is 1.31. The van der Waals surface area contributed by atoms with Crippen LogP contribution in [0.5, 0.6) is 0 Å². The van der Waals surface area contributed by atoms with Crippen molar-refractivity contribution < 1.29 is 34.2 Å². The fourth-order valence-corrected chi connectivity index (χ4v) is 1.31. The molecule has 0 aromatic carbocycles. The van der Waals surface area contributed by atoms with Crippen LogP contribution in [0.4, 0.5) is 9.59 Å². The summed E-state index contributed by atoms with van der Waals surface area (Å²) in [5.41, 5.74) is 9.45. The summed E-state index contributed by atoms with van der Waals surface area (Å²) in [5.74, 6) is -2.45. The van der Waals surface area contributed by atoms with Gasteiger partial charge in [0, 0.05) is 20.0 Å². The number of carbonyl (C=O) groups is 5. The molecule has 12 heteroatoms. The Morgan fingerprint density at radius 2 is 1.46 bits per heavy atom. The van der Waals surface area contributed by atoms with Crippen molar-refractivity contribution in [3.05, 3.63) is 0 Å². The Morgan fingerprint density at radius 1 is 0.958 bits per heavy atom. The van der Waals surface area contributed by atoms with Crippen molar-refractivity contribution in [2.75, 3.05) is 13.1 Å². The maximum absolute atomic E-state index is 10.6. The molecule has 0 fully saturated rings. The molecule has 0 rings (SSSR count). The first-order chi connectivity index (χ1) is 11.1. The minimum atomic E-state index is -1.09. The molecule has 0 spiro atoms. The lowest BCUT2D eigenvalue weighted by molar-refractivity contribution is -0.141. The summed E-state index contributed by atoms with van der Waals surface area (Å²) in [6.07, 6.45) is 0.582. The van der Waals surface area contributed by atoms with E-state index in [9.17, 15) is 24.0 Å². The normalized spacial score (nSPS) is 10.4. The van der Waals surface area contributed by atoms with Crippen molar-refractivity contribution in [2.45, 2.75) is 32.2 Å². The quantitative estimate of drug-likeness (QED) is 0.236. The van der Waals surface area contributed by atoms with E-state index in [4.69, 9.17) is 15.9 Å². The number of urea groups is 2. The highest BCUT2D eigenvalue weighted by Gasteiger charge is 2.17. The number of nitrogens with two attached hydrogens (primary N) is 2. The molecule has 24 heavy (non-hydrogen) atoms. The smallest absolute Gasteiger partial charge is 0.326 e. The van der Waals surface area contributed by atoms with Gasteiger partial charge in [0.15, 0.2) is 0 Å². The number of rotatable bonds is 9. The van der Waals surface area contributed by atoms with Crippen molar-refractivity contribution >= 4 is 29.9 Å². The van der Waals surface area contributed by atoms with Gasteiger partial charge in [0.25, 0.3) is 0 Å². The molecule has 0 aliphatic rings. The predicted octanol–water partition coefficient (Wildman–Crippen LogP) is -1.85. The summed E-state index contributed by atoms with van der Waals surface area (Å²) in [5, 5.41) is 23.5. The lowest BCUT2D eigenvalue weighted by Gasteiger charge is -2.12. The number of carboxylic acid groups (broad SMARTS) is 2. The summed E-state index contributed by atoms with van der Waals surface area (Å²) in [7, 11) is 0. The van der Waals surface area contributed by atoms with Gasteiger partial charge in [0.05, 0.1) is 6.42 Å². The van der Waals surface area contributed by atoms with Crippen molar-refractivity contribution in [1.29, 1.82) is 0 Å². The number of hydrogen-bond acceptors (Lipinski definition) is 5. The Labute approximate surface area is 137 Å². The summed E-state index contributed by atoms with van der Waals surface area (Å²) in [6.45, 7) is 1.63. The first-order valence-electron chi connectivity index (χ1n) is 6.84. The molecule has 0 aliphatic heterocycles. The van der Waals surface area contributed by atoms with E-state index in [1.165, 1.54) is 6.92 Å². The maximum atomic E-state index is 10.6. The van der Waals surface area contributed by atoms with Crippen LogP contribution >= 0.6 is 0 Å². The summed E-state index contributed by atoms with van der Waals surface area (Å²) in [4.78, 5) is 51.2. The monoisotopic (exact) mass is 349 g/mol. The molecule has 1 atom stereocenters. The molecule has 5 amide bonds. The van der Waals surface area contributed by atoms with Crippen LogP contribution in [0.15, 0.2) is 0 Å². The van der Waals surface area contributed by atoms with Gasteiger partial charge in [-0.3, -0.25) is 9.59 Å². The summed E-state index contributed by atoms with van der Waals surface area (Å²) in [6, 6.07) is -2.27. The Morgan fingerprint density at radius 3 is 1.83 bits per heavy atom. The van der Waals surface area contributed by atoms with E-state index < -0.39 is 35.9 Å². The highest BCUT2D eigenvalue weighted by molar-refractivity contribution is 5.82. The Hall–Kier alpha value is -3.05. The van der Waals surface area contributed by atoms with Crippen molar-refractivity contribution in [3.63, 3.8) is 0 Å². The SMILES string of the molecule is CC(=O)NC(CCCNC(N)=O)C(=O)O.NC(=O)NCCC(=O)O. The largest absolute Gasteiger partial charge is 0.481 e. The van der Waals surface area contributed by atoms with E-state index >= 15 is 0 Å². The average molecular weight is 349 g/mol. The predicted molar refractivity (Wildman–Crippen MR) is 81.9 cm³/mol. The van der Waals surface area contributed by atoms with Gasteiger partial charge in [-0.1, -0.05) is 0 Å². The number of carbonyl (C=O) groups excluding carboxylic acids is 3. The third kappa shape index (κ3) is 18.9. The van der Waals surface area contributed by atoms with Gasteiger partial charge in [0.1, 0.15) is 6.04 Å². The fraction of sp³-hybridized carbons (Fsp3) is 0.583. The Balaban J connectivity index is 0. The van der Waals surface area contributed by atoms with Gasteiger partial charge in [-0.05, 0) is 12.8 Å². The number of hydrogen-bond donors (Lipinski definition) is 7. The minimum absolute atomic E-state index is 0.0880. The molecule has 0 saturated carbocycles. The van der Waals surface area contributed by atoms with Gasteiger partial charge in [-0.25, -0.2) is 14.4 Å². The average Bonchev–Trinajstić information content (AvgIpc) is 2.41. The van der Waals surface area contributed by atoms with E-state index in [0.29, 0.717) is 13.0 Å². The van der Waals surface area contributed by atoms with E-state index in [0.717, 1.165) is 0 Å². The van der Waals surface area contributed by atoms with Crippen LogP contribution in [-0.2, 0) is 14.4 Å². The molecular formula is C12H23N5O7. The summed E-state index contributed by atoms with van der Waals surface area (Å²) >= 11 is 0. The first-order valence-corrected chi connectivity index (χ1v) is 6.84. The number of nitrogens with one attached hydrogen (secondary N) is 3. The van der Waals surface area contributed by atoms with E-state index in [1.807, 2.05) is 0 Å². The van der Waals surface area contributed by atoms with Crippen molar-refractivity contribution in [3.8, 4) is 0 Å². The van der Waals surface area contributed by atoms with E-state index in [-0.39, 0.29) is 19.4 Å². The third-order valence-electron chi connectivity index (χ3n) is 2.28. The molecule has 0 aromatic heterocycles. The molecule has 0 saturated heterocycles. The molecular weight excluding hydrogens is 326 g/mol. The molecule has 0 aromatic rings. The van der Waals surface area contributed by atoms with Crippen LogP contribution < -0.4 is 27.4 Å². The van der Waals surface area contributed by atoms with E-state index in [2.05, 4.69) is 21.7 Å². The molecule has 138 valence electrons. The van der Waals surface area contributed by atoms with Gasteiger partial charge in [-0.2, -0.15) is 0 Å². The van der Waals surface area contributed by atoms with Crippen LogP contribution in [0.1, 0.15) is 26.2 Å². The van der Waals surface area contributed by atoms with Crippen LogP contribution in [0.3, 0.4) is 0 Å². The molecule has 9 N–H and O–H groups in total. The Bertz CT molecular complexity index is 441. The number of aliphatic carboxylic acids is 2. The number of amides is 5. The third-order valence-corrected chi connectivity index (χ3v) is 2.28. The molecule has 0 heterocycles. The highest BCUT2D eigenvalue weighted by atomic mass is 16.4. The molecule has 1 unspecified atom stereocenters. The zero-order valence-corrected chi connectivity index (χ0v) is 13.2. The molecule has 0 bridgehead atoms. The summed E-state index contributed by atoms with van der Waals surface area (Å²) < 4.78 is 0. The second-order valence-electron chi connectivity index (χ2n) is 4.46. The maximum Gasteiger partial charge on any atom is 0.326 e. The first kappa shape index (κ1) is 23.2. The topological polar surface area (TPSA) is 214 Å². The van der Waals surface area contributed by atoms with Crippen LogP contribution in [-0.4, -0.2) is 59.3 Å². The zero-order chi connectivity index (χ0) is 19.1. The molecule has 12 nitrogen and oxygen atoms in total. The van der Waals surface area contributed by atoms with Crippen LogP contribution in [0, 0.1) is 0 Å². The second-order valence-corrected chi connectivity index (χ2v) is 4.46. The van der Waals surface area contributed by atoms with Gasteiger partial charge < -0.3 is 37.6 Å². The standard InChI is InChI=1S/C8H15N3O4.C4H8N2O3/c1-5(12)11-6(7(13)14)3-2-4-10-8(9)15;5-4(9)6-2-1-3(7)8/h6H,2-4H2,1H3,(H,11,12)(H,13,14)(H3,9,10,15);1-2H2,(H,7,8)(H3,5,6,9). The lowest BCUT2D eigenvalue weighted by atomic mass is 10.1. The minimum Gasteiger partial charge on any atom is -0.481 e. The number of primary amides is 2. The lowest BCUT2D eigenvalue weighted by Crippen LogP contribution is -2.40.